The Kier molecular flexibility index (Phi) is 4.68. The van der Waals surface area contributed by atoms with Gasteiger partial charge in [0.1, 0.15) is 12.0 Å². The molecule has 1 aromatic heterocycles. The summed E-state index contributed by atoms with van der Waals surface area (Å²) in [6, 6.07) is 1.93. The molecule has 2 heterocycles. The van der Waals surface area contributed by atoms with Gasteiger partial charge in [0, 0.05) is 32.2 Å². The molecule has 3 rings (SSSR count). The molecule has 2 aliphatic rings. The summed E-state index contributed by atoms with van der Waals surface area (Å²) in [6.45, 7) is 4.85. The van der Waals surface area contributed by atoms with E-state index in [9.17, 15) is 9.59 Å². The summed E-state index contributed by atoms with van der Waals surface area (Å²) < 4.78 is 5.22. The fourth-order valence-corrected chi connectivity index (χ4v) is 2.81. The van der Waals surface area contributed by atoms with Gasteiger partial charge in [-0.05, 0) is 25.8 Å². The fraction of sp³-hybridized carbons (Fsp3) is 0.625. The third-order valence-corrected chi connectivity index (χ3v) is 4.55. The first-order chi connectivity index (χ1) is 11.1. The van der Waals surface area contributed by atoms with E-state index in [1.165, 1.54) is 6.26 Å². The number of rotatable bonds is 5. The zero-order valence-electron chi connectivity index (χ0n) is 13.5. The van der Waals surface area contributed by atoms with Crippen LogP contribution in [0.4, 0.5) is 0 Å². The molecule has 2 fully saturated rings. The van der Waals surface area contributed by atoms with Crippen LogP contribution >= 0.6 is 0 Å². The third-order valence-electron chi connectivity index (χ3n) is 4.55. The van der Waals surface area contributed by atoms with E-state index in [0.717, 1.165) is 12.8 Å². The van der Waals surface area contributed by atoms with E-state index in [4.69, 9.17) is 10.2 Å². The maximum atomic E-state index is 12.4. The van der Waals surface area contributed by atoms with Gasteiger partial charge in [0.05, 0.1) is 18.2 Å². The summed E-state index contributed by atoms with van der Waals surface area (Å²) in [5.41, 5.74) is 6.04. The van der Waals surface area contributed by atoms with Crippen LogP contribution in [0.3, 0.4) is 0 Å². The number of piperazine rings is 1. The number of nitrogens with two attached hydrogens (primary N) is 1. The lowest BCUT2D eigenvalue weighted by Gasteiger charge is -2.37. The Balaban J connectivity index is 1.51. The van der Waals surface area contributed by atoms with Crippen molar-refractivity contribution in [3.63, 3.8) is 0 Å². The van der Waals surface area contributed by atoms with Crippen LogP contribution in [0.25, 0.3) is 0 Å². The lowest BCUT2D eigenvalue weighted by Crippen LogP contribution is -2.55. The van der Waals surface area contributed by atoms with Crippen molar-refractivity contribution in [3.8, 4) is 0 Å². The predicted molar refractivity (Wildman–Crippen MR) is 84.7 cm³/mol. The highest BCUT2D eigenvalue weighted by atomic mass is 16.3. The number of hydrogen-bond donors (Lipinski definition) is 2. The summed E-state index contributed by atoms with van der Waals surface area (Å²) in [4.78, 5) is 28.5. The molecular weight excluding hydrogens is 296 g/mol. The average Bonchev–Trinajstić information content (AvgIpc) is 3.26. The van der Waals surface area contributed by atoms with Crippen LogP contribution in [0.2, 0.25) is 0 Å². The Morgan fingerprint density at radius 3 is 2.61 bits per heavy atom. The van der Waals surface area contributed by atoms with Gasteiger partial charge >= 0.3 is 0 Å². The lowest BCUT2D eigenvalue weighted by atomic mass is 10.2. The summed E-state index contributed by atoms with van der Waals surface area (Å²) in [7, 11) is 0. The highest BCUT2D eigenvalue weighted by molar-refractivity contribution is 5.94. The van der Waals surface area contributed by atoms with Crippen molar-refractivity contribution in [2.24, 2.45) is 5.73 Å². The van der Waals surface area contributed by atoms with Gasteiger partial charge in [-0.3, -0.25) is 14.5 Å². The number of furan rings is 1. The van der Waals surface area contributed by atoms with Gasteiger partial charge in [-0.15, -0.1) is 0 Å². The minimum absolute atomic E-state index is 0.0387. The number of amides is 2. The van der Waals surface area contributed by atoms with E-state index in [-0.39, 0.29) is 24.4 Å². The summed E-state index contributed by atoms with van der Waals surface area (Å²) in [5, 5.41) is 3.03. The van der Waals surface area contributed by atoms with E-state index in [2.05, 4.69) is 10.2 Å². The average molecular weight is 320 g/mol. The molecule has 23 heavy (non-hydrogen) atoms. The van der Waals surface area contributed by atoms with Crippen molar-refractivity contribution < 1.29 is 14.0 Å². The molecular formula is C16H24N4O3. The van der Waals surface area contributed by atoms with Gasteiger partial charge in [0.2, 0.25) is 5.91 Å². The predicted octanol–water partition coefficient (Wildman–Crippen LogP) is 0.163. The first-order valence-electron chi connectivity index (χ1n) is 8.19. The van der Waals surface area contributed by atoms with Crippen molar-refractivity contribution >= 4 is 11.8 Å². The van der Waals surface area contributed by atoms with Crippen LogP contribution in [0.15, 0.2) is 16.7 Å². The van der Waals surface area contributed by atoms with Crippen molar-refractivity contribution in [3.05, 3.63) is 23.7 Å². The highest BCUT2D eigenvalue weighted by Crippen LogP contribution is 2.19. The minimum atomic E-state index is -0.148. The zero-order chi connectivity index (χ0) is 16.4. The van der Waals surface area contributed by atoms with E-state index in [1.807, 2.05) is 6.92 Å². The van der Waals surface area contributed by atoms with Crippen molar-refractivity contribution in [1.29, 1.82) is 0 Å². The maximum absolute atomic E-state index is 12.4. The molecule has 0 spiro atoms. The maximum Gasteiger partial charge on any atom is 0.257 e. The Morgan fingerprint density at radius 2 is 2.04 bits per heavy atom. The minimum Gasteiger partial charge on any atom is -0.467 e. The molecule has 1 saturated carbocycles. The van der Waals surface area contributed by atoms with Crippen LogP contribution in [-0.4, -0.2) is 59.9 Å². The smallest absolute Gasteiger partial charge is 0.257 e. The zero-order valence-corrected chi connectivity index (χ0v) is 13.5. The molecule has 0 radical (unpaired) electrons. The molecule has 1 aliphatic carbocycles. The van der Waals surface area contributed by atoms with Crippen LogP contribution in [0.5, 0.6) is 0 Å². The third kappa shape index (κ3) is 3.73. The van der Waals surface area contributed by atoms with Gasteiger partial charge < -0.3 is 20.4 Å². The van der Waals surface area contributed by atoms with Gasteiger partial charge in [0.15, 0.2) is 0 Å². The molecule has 1 aromatic rings. The van der Waals surface area contributed by atoms with Crippen LogP contribution in [0, 0.1) is 0 Å². The molecule has 1 unspecified atom stereocenters. The largest absolute Gasteiger partial charge is 0.467 e. The van der Waals surface area contributed by atoms with Crippen LogP contribution in [0.1, 0.15) is 35.9 Å². The first kappa shape index (κ1) is 16.0. The molecule has 2 amide bonds. The Labute approximate surface area is 135 Å². The Bertz CT molecular complexity index is 574. The van der Waals surface area contributed by atoms with E-state index in [0.29, 0.717) is 43.5 Å². The standard InChI is InChI=1S/C16H24N4O3/c1-11(15(21)18-13-2-3-13)19-4-6-20(7-5-19)16(22)12-8-14(9-17)23-10-12/h8,10-11,13H,2-7,9,17H2,1H3,(H,18,21). The molecule has 0 aromatic carbocycles. The van der Waals surface area contributed by atoms with Crippen LogP contribution in [-0.2, 0) is 11.3 Å². The van der Waals surface area contributed by atoms with E-state index >= 15 is 0 Å². The fourth-order valence-electron chi connectivity index (χ4n) is 2.81. The van der Waals surface area contributed by atoms with Crippen molar-refractivity contribution in [2.75, 3.05) is 26.2 Å². The lowest BCUT2D eigenvalue weighted by molar-refractivity contribution is -0.126. The number of nitrogens with zero attached hydrogens (tertiary/aromatic N) is 2. The van der Waals surface area contributed by atoms with Gasteiger partial charge in [-0.1, -0.05) is 0 Å². The summed E-state index contributed by atoms with van der Waals surface area (Å²) in [5.74, 6) is 0.662. The Hall–Kier alpha value is -1.86. The SMILES string of the molecule is CC(C(=O)NC1CC1)N1CCN(C(=O)c2coc(CN)c2)CC1. The highest BCUT2D eigenvalue weighted by Gasteiger charge is 2.31. The monoisotopic (exact) mass is 320 g/mol. The van der Waals surface area contributed by atoms with E-state index in [1.54, 1.807) is 11.0 Å². The molecule has 3 N–H and O–H groups in total. The topological polar surface area (TPSA) is 91.8 Å². The molecule has 0 bridgehead atoms. The van der Waals surface area contributed by atoms with Gasteiger partial charge in [0.25, 0.3) is 5.91 Å². The second kappa shape index (κ2) is 6.72. The summed E-state index contributed by atoms with van der Waals surface area (Å²) in [6.07, 6.45) is 3.65. The molecule has 1 aliphatic heterocycles. The molecule has 1 atom stereocenters. The summed E-state index contributed by atoms with van der Waals surface area (Å²) >= 11 is 0. The van der Waals surface area contributed by atoms with E-state index < -0.39 is 0 Å². The van der Waals surface area contributed by atoms with Gasteiger partial charge in [-0.25, -0.2) is 0 Å². The number of nitrogens with one attached hydrogen (secondary N) is 1. The van der Waals surface area contributed by atoms with Crippen LogP contribution < -0.4 is 11.1 Å². The first-order valence-corrected chi connectivity index (χ1v) is 8.19. The second-order valence-electron chi connectivity index (χ2n) is 6.29. The molecule has 7 nitrogen and oxygen atoms in total. The number of hydrogen-bond acceptors (Lipinski definition) is 5. The van der Waals surface area contributed by atoms with Crippen molar-refractivity contribution in [2.45, 2.75) is 38.4 Å². The normalized spacial score (nSPS) is 20.3. The van der Waals surface area contributed by atoms with Crippen molar-refractivity contribution in [1.82, 2.24) is 15.1 Å². The molecule has 7 heteroatoms. The Morgan fingerprint density at radius 1 is 1.35 bits per heavy atom. The molecule has 126 valence electrons. The number of carbonyl (C=O) groups excluding carboxylic acids is 2. The quantitative estimate of drug-likeness (QED) is 0.806. The second-order valence-corrected chi connectivity index (χ2v) is 6.29. The molecule has 1 saturated heterocycles. The van der Waals surface area contributed by atoms with Gasteiger partial charge in [-0.2, -0.15) is 0 Å². The number of carbonyl (C=O) groups is 2.